The van der Waals surface area contributed by atoms with E-state index in [-0.39, 0.29) is 17.6 Å². The molecule has 1 aliphatic rings. The SMILES string of the molecule is NC1=NC(Cc2cccs2)(c2ccc([N+](=O)[O-])cc2)C(=O)N1. The molecule has 1 atom stereocenters. The Bertz CT molecular complexity index is 755. The number of amides is 1. The van der Waals surface area contributed by atoms with Crippen LogP contribution in [0.15, 0.2) is 46.8 Å². The number of aliphatic imine (C=N–C) groups is 1. The summed E-state index contributed by atoms with van der Waals surface area (Å²) in [6.45, 7) is 0. The molecule has 3 N–H and O–H groups in total. The molecular formula is C14H12N4O3S. The zero-order valence-corrected chi connectivity index (χ0v) is 12.2. The maximum atomic E-state index is 12.4. The number of rotatable bonds is 4. The maximum Gasteiger partial charge on any atom is 0.269 e. The molecule has 0 saturated carbocycles. The fraction of sp³-hybridized carbons (Fsp3) is 0.143. The lowest BCUT2D eigenvalue weighted by Gasteiger charge is -2.23. The molecule has 3 rings (SSSR count). The van der Waals surface area contributed by atoms with Gasteiger partial charge in [0, 0.05) is 23.4 Å². The van der Waals surface area contributed by atoms with E-state index < -0.39 is 10.5 Å². The first-order chi connectivity index (χ1) is 10.5. The molecule has 1 aromatic carbocycles. The largest absolute Gasteiger partial charge is 0.370 e. The second kappa shape index (κ2) is 5.23. The third-order valence-corrected chi connectivity index (χ3v) is 4.37. The summed E-state index contributed by atoms with van der Waals surface area (Å²) in [5.74, 6) is -0.271. The average molecular weight is 316 g/mol. The Labute approximate surface area is 129 Å². The summed E-state index contributed by atoms with van der Waals surface area (Å²) in [5, 5.41) is 15.2. The van der Waals surface area contributed by atoms with Gasteiger partial charge in [-0.3, -0.25) is 20.2 Å². The highest BCUT2D eigenvalue weighted by Crippen LogP contribution is 2.35. The Morgan fingerprint density at radius 1 is 1.32 bits per heavy atom. The number of guanidine groups is 1. The van der Waals surface area contributed by atoms with E-state index in [9.17, 15) is 14.9 Å². The molecule has 2 heterocycles. The van der Waals surface area contributed by atoms with E-state index in [1.54, 1.807) is 12.1 Å². The number of non-ortho nitro benzene ring substituents is 1. The van der Waals surface area contributed by atoms with E-state index in [2.05, 4.69) is 10.3 Å². The van der Waals surface area contributed by atoms with Gasteiger partial charge in [-0.2, -0.15) is 0 Å². The van der Waals surface area contributed by atoms with Crippen molar-refractivity contribution < 1.29 is 9.72 Å². The summed E-state index contributed by atoms with van der Waals surface area (Å²) in [7, 11) is 0. The first kappa shape index (κ1) is 14.2. The molecule has 0 spiro atoms. The number of nitrogens with one attached hydrogen (secondary N) is 1. The van der Waals surface area contributed by atoms with Crippen LogP contribution in [-0.2, 0) is 16.8 Å². The number of thiophene rings is 1. The number of nitro benzene ring substituents is 1. The number of hydrogen-bond donors (Lipinski definition) is 2. The van der Waals surface area contributed by atoms with Gasteiger partial charge in [0.2, 0.25) is 0 Å². The van der Waals surface area contributed by atoms with E-state index in [0.717, 1.165) is 4.88 Å². The molecule has 112 valence electrons. The predicted octanol–water partition coefficient (Wildman–Crippen LogP) is 1.54. The Kier molecular flexibility index (Phi) is 3.38. The zero-order valence-electron chi connectivity index (χ0n) is 11.4. The van der Waals surface area contributed by atoms with E-state index in [1.165, 1.54) is 23.5 Å². The second-order valence-electron chi connectivity index (χ2n) is 4.87. The van der Waals surface area contributed by atoms with Crippen molar-refractivity contribution >= 4 is 28.9 Å². The highest BCUT2D eigenvalue weighted by molar-refractivity contribution is 7.09. The van der Waals surface area contributed by atoms with Gasteiger partial charge in [0.05, 0.1) is 4.92 Å². The van der Waals surface area contributed by atoms with Crippen LogP contribution in [0.2, 0.25) is 0 Å². The lowest BCUT2D eigenvalue weighted by molar-refractivity contribution is -0.384. The Hall–Kier alpha value is -2.74. The summed E-state index contributed by atoms with van der Waals surface area (Å²) in [5.41, 5.74) is 5.02. The van der Waals surface area contributed by atoms with Gasteiger partial charge in [-0.1, -0.05) is 6.07 Å². The predicted molar refractivity (Wildman–Crippen MR) is 82.6 cm³/mol. The highest BCUT2D eigenvalue weighted by Gasteiger charge is 2.45. The van der Waals surface area contributed by atoms with Crippen molar-refractivity contribution in [2.24, 2.45) is 10.7 Å². The van der Waals surface area contributed by atoms with Crippen molar-refractivity contribution in [3.05, 3.63) is 62.3 Å². The molecule has 7 nitrogen and oxygen atoms in total. The smallest absolute Gasteiger partial charge is 0.269 e. The van der Waals surface area contributed by atoms with Gasteiger partial charge in [0.1, 0.15) is 0 Å². The normalized spacial score (nSPS) is 20.5. The number of carbonyl (C=O) groups excluding carboxylic acids is 1. The Balaban J connectivity index is 2.06. The van der Waals surface area contributed by atoms with Crippen LogP contribution in [-0.4, -0.2) is 16.8 Å². The highest BCUT2D eigenvalue weighted by atomic mass is 32.1. The first-order valence-electron chi connectivity index (χ1n) is 6.45. The van der Waals surface area contributed by atoms with Crippen LogP contribution < -0.4 is 11.1 Å². The molecule has 22 heavy (non-hydrogen) atoms. The minimum atomic E-state index is -1.18. The van der Waals surface area contributed by atoms with Crippen LogP contribution in [0.1, 0.15) is 10.4 Å². The minimum Gasteiger partial charge on any atom is -0.370 e. The lowest BCUT2D eigenvalue weighted by Crippen LogP contribution is -2.40. The topological polar surface area (TPSA) is 111 Å². The number of hydrogen-bond acceptors (Lipinski definition) is 6. The van der Waals surface area contributed by atoms with Crippen molar-refractivity contribution in [1.29, 1.82) is 0 Å². The van der Waals surface area contributed by atoms with Crippen LogP contribution in [0.3, 0.4) is 0 Å². The van der Waals surface area contributed by atoms with Crippen LogP contribution in [0.4, 0.5) is 5.69 Å². The fourth-order valence-electron chi connectivity index (χ4n) is 2.45. The molecular weight excluding hydrogens is 304 g/mol. The fourth-order valence-corrected chi connectivity index (χ4v) is 3.23. The van der Waals surface area contributed by atoms with E-state index >= 15 is 0 Å². The van der Waals surface area contributed by atoms with Crippen molar-refractivity contribution in [3.63, 3.8) is 0 Å². The van der Waals surface area contributed by atoms with Crippen molar-refractivity contribution in [2.75, 3.05) is 0 Å². The van der Waals surface area contributed by atoms with Crippen LogP contribution in [0, 0.1) is 10.1 Å². The summed E-state index contributed by atoms with van der Waals surface area (Å²) < 4.78 is 0. The summed E-state index contributed by atoms with van der Waals surface area (Å²) in [4.78, 5) is 28.0. The molecule has 0 saturated heterocycles. The molecule has 0 fully saturated rings. The molecule has 1 aliphatic heterocycles. The van der Waals surface area contributed by atoms with Crippen LogP contribution in [0.25, 0.3) is 0 Å². The minimum absolute atomic E-state index is 0.0367. The van der Waals surface area contributed by atoms with Gasteiger partial charge in [-0.05, 0) is 29.1 Å². The summed E-state index contributed by atoms with van der Waals surface area (Å²) in [6.07, 6.45) is 0.356. The van der Waals surface area contributed by atoms with Crippen molar-refractivity contribution in [3.8, 4) is 0 Å². The third-order valence-electron chi connectivity index (χ3n) is 3.49. The lowest BCUT2D eigenvalue weighted by atomic mass is 9.86. The van der Waals surface area contributed by atoms with Gasteiger partial charge >= 0.3 is 0 Å². The van der Waals surface area contributed by atoms with Crippen LogP contribution >= 0.6 is 11.3 Å². The Morgan fingerprint density at radius 2 is 2.05 bits per heavy atom. The molecule has 0 bridgehead atoms. The maximum absolute atomic E-state index is 12.4. The monoisotopic (exact) mass is 316 g/mol. The summed E-state index contributed by atoms with van der Waals surface area (Å²) in [6, 6.07) is 9.63. The van der Waals surface area contributed by atoms with Gasteiger partial charge in [-0.15, -0.1) is 11.3 Å². The van der Waals surface area contributed by atoms with Crippen molar-refractivity contribution in [2.45, 2.75) is 12.0 Å². The van der Waals surface area contributed by atoms with Crippen molar-refractivity contribution in [1.82, 2.24) is 5.32 Å². The number of benzene rings is 1. The van der Waals surface area contributed by atoms with Gasteiger partial charge in [0.15, 0.2) is 11.5 Å². The molecule has 0 aliphatic carbocycles. The number of carbonyl (C=O) groups is 1. The zero-order chi connectivity index (χ0) is 15.7. The van der Waals surface area contributed by atoms with Crippen LogP contribution in [0.5, 0.6) is 0 Å². The molecule has 1 unspecified atom stereocenters. The molecule has 1 amide bonds. The van der Waals surface area contributed by atoms with E-state index in [4.69, 9.17) is 5.73 Å². The third kappa shape index (κ3) is 2.33. The summed E-state index contributed by atoms with van der Waals surface area (Å²) >= 11 is 1.52. The van der Waals surface area contributed by atoms with Gasteiger partial charge in [0.25, 0.3) is 11.6 Å². The molecule has 1 aromatic heterocycles. The first-order valence-corrected chi connectivity index (χ1v) is 7.33. The molecule has 8 heteroatoms. The number of nitro groups is 1. The van der Waals surface area contributed by atoms with E-state index in [1.807, 2.05) is 17.5 Å². The number of nitrogens with zero attached hydrogens (tertiary/aromatic N) is 2. The Morgan fingerprint density at radius 3 is 2.55 bits per heavy atom. The number of nitrogens with two attached hydrogens (primary N) is 1. The standard InChI is InChI=1S/C14H12N4O3S/c15-13-16-12(19)14(17-13,8-11-2-1-7-22-11)9-3-5-10(6-4-9)18(20)21/h1-7H,8H2,(H3,15,16,17,19). The van der Waals surface area contributed by atoms with E-state index in [0.29, 0.717) is 12.0 Å². The van der Waals surface area contributed by atoms with Gasteiger partial charge in [-0.25, -0.2) is 4.99 Å². The van der Waals surface area contributed by atoms with Gasteiger partial charge < -0.3 is 5.73 Å². The average Bonchev–Trinajstić information content (AvgIpc) is 3.08. The quantitative estimate of drug-likeness (QED) is 0.658. The molecule has 2 aromatic rings. The second-order valence-corrected chi connectivity index (χ2v) is 5.90. The molecule has 0 radical (unpaired) electrons.